The molecule has 0 saturated carbocycles. The van der Waals surface area contributed by atoms with Crippen LogP contribution in [0.2, 0.25) is 0 Å². The van der Waals surface area contributed by atoms with Gasteiger partial charge in [0.15, 0.2) is 5.78 Å². The van der Waals surface area contributed by atoms with Crippen LogP contribution in [0.25, 0.3) is 0 Å². The van der Waals surface area contributed by atoms with Crippen molar-refractivity contribution in [1.29, 1.82) is 0 Å². The van der Waals surface area contributed by atoms with Gasteiger partial charge in [-0.3, -0.25) is 9.69 Å². The normalized spacial score (nSPS) is 15.5. The molecule has 1 saturated heterocycles. The van der Waals surface area contributed by atoms with Crippen LogP contribution in [-0.4, -0.2) is 37.0 Å². The second-order valence-electron chi connectivity index (χ2n) is 6.17. The average Bonchev–Trinajstić information content (AvgIpc) is 2.58. The molecule has 0 aromatic heterocycles. The van der Waals surface area contributed by atoms with Gasteiger partial charge in [-0.15, -0.1) is 0 Å². The molecule has 0 N–H and O–H groups in total. The highest BCUT2D eigenvalue weighted by atomic mass is 16.5. The molecule has 0 unspecified atom stereocenters. The number of nitrogens with zero attached hydrogens (tertiary/aromatic N) is 1. The Morgan fingerprint density at radius 2 is 1.57 bits per heavy atom. The summed E-state index contributed by atoms with van der Waals surface area (Å²) >= 11 is 0. The number of rotatable bonds is 5. The average molecular weight is 309 g/mol. The lowest BCUT2D eigenvalue weighted by molar-refractivity contribution is 0.0342. The summed E-state index contributed by atoms with van der Waals surface area (Å²) < 4.78 is 5.37. The van der Waals surface area contributed by atoms with Crippen molar-refractivity contribution in [1.82, 2.24) is 4.90 Å². The maximum absolute atomic E-state index is 12.3. The van der Waals surface area contributed by atoms with E-state index < -0.39 is 0 Å². The maximum atomic E-state index is 12.3. The zero-order valence-corrected chi connectivity index (χ0v) is 13.6. The van der Waals surface area contributed by atoms with E-state index in [0.29, 0.717) is 6.42 Å². The molecule has 120 valence electrons. The lowest BCUT2D eigenvalue weighted by Crippen LogP contribution is -2.35. The molecule has 3 heteroatoms. The van der Waals surface area contributed by atoms with Gasteiger partial charge in [0.25, 0.3) is 0 Å². The van der Waals surface area contributed by atoms with Crippen molar-refractivity contribution in [2.45, 2.75) is 19.9 Å². The standard InChI is InChI=1S/C20H23NO2/c1-16-2-8-19(9-3-16)20(22)14-17-4-6-18(7-5-17)15-21-10-12-23-13-11-21/h2-9H,10-15H2,1H3. The van der Waals surface area contributed by atoms with Gasteiger partial charge < -0.3 is 4.74 Å². The van der Waals surface area contributed by atoms with Crippen molar-refractivity contribution >= 4 is 5.78 Å². The number of hydrogen-bond donors (Lipinski definition) is 0. The number of benzene rings is 2. The van der Waals surface area contributed by atoms with Crippen LogP contribution in [0.3, 0.4) is 0 Å². The number of Topliss-reactive ketones (excluding diaryl/α,β-unsaturated/α-hetero) is 1. The lowest BCUT2D eigenvalue weighted by Gasteiger charge is -2.26. The number of aryl methyl sites for hydroxylation is 1. The molecule has 1 aliphatic rings. The Labute approximate surface area is 137 Å². The van der Waals surface area contributed by atoms with Crippen molar-refractivity contribution in [3.63, 3.8) is 0 Å². The Kier molecular flexibility index (Phi) is 5.21. The zero-order chi connectivity index (χ0) is 16.1. The topological polar surface area (TPSA) is 29.5 Å². The smallest absolute Gasteiger partial charge is 0.167 e. The first-order chi connectivity index (χ1) is 11.2. The van der Waals surface area contributed by atoms with E-state index in [0.717, 1.165) is 44.0 Å². The molecule has 1 heterocycles. The molecule has 0 aliphatic carbocycles. The van der Waals surface area contributed by atoms with Crippen LogP contribution >= 0.6 is 0 Å². The number of morpholine rings is 1. The first kappa shape index (κ1) is 15.9. The second kappa shape index (κ2) is 7.53. The molecule has 0 atom stereocenters. The maximum Gasteiger partial charge on any atom is 0.167 e. The minimum Gasteiger partial charge on any atom is -0.379 e. The van der Waals surface area contributed by atoms with E-state index in [9.17, 15) is 4.79 Å². The fourth-order valence-corrected chi connectivity index (χ4v) is 2.81. The third-order valence-electron chi connectivity index (χ3n) is 4.27. The molecule has 0 radical (unpaired) electrons. The lowest BCUT2D eigenvalue weighted by atomic mass is 10.0. The number of carbonyl (C=O) groups excluding carboxylic acids is 1. The van der Waals surface area contributed by atoms with E-state index in [-0.39, 0.29) is 5.78 Å². The van der Waals surface area contributed by atoms with Crippen molar-refractivity contribution in [3.8, 4) is 0 Å². The van der Waals surface area contributed by atoms with E-state index in [2.05, 4.69) is 29.2 Å². The van der Waals surface area contributed by atoms with Gasteiger partial charge in [-0.25, -0.2) is 0 Å². The second-order valence-corrected chi connectivity index (χ2v) is 6.17. The minimum absolute atomic E-state index is 0.172. The molecule has 2 aromatic carbocycles. The summed E-state index contributed by atoms with van der Waals surface area (Å²) in [6.07, 6.45) is 0.459. The number of hydrogen-bond acceptors (Lipinski definition) is 3. The van der Waals surface area contributed by atoms with Crippen molar-refractivity contribution in [2.75, 3.05) is 26.3 Å². The van der Waals surface area contributed by atoms with Crippen LogP contribution in [0.4, 0.5) is 0 Å². The summed E-state index contributed by atoms with van der Waals surface area (Å²) in [6, 6.07) is 16.2. The Bertz CT molecular complexity index is 640. The molecule has 0 spiro atoms. The van der Waals surface area contributed by atoms with E-state index in [1.807, 2.05) is 31.2 Å². The summed E-state index contributed by atoms with van der Waals surface area (Å²) in [7, 11) is 0. The molecular weight excluding hydrogens is 286 g/mol. The fourth-order valence-electron chi connectivity index (χ4n) is 2.81. The predicted molar refractivity (Wildman–Crippen MR) is 91.8 cm³/mol. The van der Waals surface area contributed by atoms with Crippen LogP contribution < -0.4 is 0 Å². The number of carbonyl (C=O) groups is 1. The van der Waals surface area contributed by atoms with Crippen LogP contribution in [0.5, 0.6) is 0 Å². The molecular formula is C20H23NO2. The van der Waals surface area contributed by atoms with Crippen LogP contribution in [-0.2, 0) is 17.7 Å². The van der Waals surface area contributed by atoms with Gasteiger partial charge in [-0.05, 0) is 18.1 Å². The van der Waals surface area contributed by atoms with Crippen molar-refractivity contribution in [2.24, 2.45) is 0 Å². The van der Waals surface area contributed by atoms with Crippen LogP contribution in [0, 0.1) is 6.92 Å². The molecule has 0 amide bonds. The summed E-state index contributed by atoms with van der Waals surface area (Å²) in [5.74, 6) is 0.172. The van der Waals surface area contributed by atoms with Gasteiger partial charge in [0.05, 0.1) is 13.2 Å². The largest absolute Gasteiger partial charge is 0.379 e. The van der Waals surface area contributed by atoms with E-state index in [1.165, 1.54) is 11.1 Å². The quantitative estimate of drug-likeness (QED) is 0.794. The summed E-state index contributed by atoms with van der Waals surface area (Å²) in [5.41, 5.74) is 4.32. The van der Waals surface area contributed by atoms with Crippen LogP contribution in [0.1, 0.15) is 27.0 Å². The molecule has 23 heavy (non-hydrogen) atoms. The van der Waals surface area contributed by atoms with Gasteiger partial charge in [0, 0.05) is 31.6 Å². The SMILES string of the molecule is Cc1ccc(C(=O)Cc2ccc(CN3CCOCC3)cc2)cc1. The number of ketones is 1. The third kappa shape index (κ3) is 4.50. The van der Waals surface area contributed by atoms with Gasteiger partial charge >= 0.3 is 0 Å². The fraction of sp³-hybridized carbons (Fsp3) is 0.350. The van der Waals surface area contributed by atoms with Crippen molar-refractivity contribution in [3.05, 3.63) is 70.8 Å². The molecule has 3 nitrogen and oxygen atoms in total. The molecule has 0 bridgehead atoms. The van der Waals surface area contributed by atoms with Gasteiger partial charge in [0.1, 0.15) is 0 Å². The Hall–Kier alpha value is -1.97. The summed E-state index contributed by atoms with van der Waals surface area (Å²) in [6.45, 7) is 6.62. The third-order valence-corrected chi connectivity index (χ3v) is 4.27. The summed E-state index contributed by atoms with van der Waals surface area (Å²) in [4.78, 5) is 14.7. The number of ether oxygens (including phenoxy) is 1. The van der Waals surface area contributed by atoms with Crippen LogP contribution in [0.15, 0.2) is 48.5 Å². The Morgan fingerprint density at radius 3 is 2.22 bits per heavy atom. The Balaban J connectivity index is 1.58. The first-order valence-corrected chi connectivity index (χ1v) is 8.18. The van der Waals surface area contributed by atoms with E-state index in [1.54, 1.807) is 0 Å². The first-order valence-electron chi connectivity index (χ1n) is 8.18. The summed E-state index contributed by atoms with van der Waals surface area (Å²) in [5, 5.41) is 0. The molecule has 1 fully saturated rings. The van der Waals surface area contributed by atoms with Crippen molar-refractivity contribution < 1.29 is 9.53 Å². The highest BCUT2D eigenvalue weighted by Crippen LogP contribution is 2.12. The van der Waals surface area contributed by atoms with Gasteiger partial charge in [-0.2, -0.15) is 0 Å². The molecule has 2 aromatic rings. The Morgan fingerprint density at radius 1 is 0.957 bits per heavy atom. The van der Waals surface area contributed by atoms with Gasteiger partial charge in [-0.1, -0.05) is 54.1 Å². The predicted octanol–water partition coefficient (Wildman–Crippen LogP) is 3.25. The van der Waals surface area contributed by atoms with Gasteiger partial charge in [0.2, 0.25) is 0 Å². The molecule has 1 aliphatic heterocycles. The van der Waals surface area contributed by atoms with E-state index >= 15 is 0 Å². The molecule has 3 rings (SSSR count). The minimum atomic E-state index is 0.172. The monoisotopic (exact) mass is 309 g/mol. The highest BCUT2D eigenvalue weighted by Gasteiger charge is 2.11. The van der Waals surface area contributed by atoms with E-state index in [4.69, 9.17) is 4.74 Å². The highest BCUT2D eigenvalue weighted by molar-refractivity contribution is 5.97. The zero-order valence-electron chi connectivity index (χ0n) is 13.6.